The molecule has 0 radical (unpaired) electrons. The molecule has 0 saturated heterocycles. The maximum Gasteiger partial charge on any atom is 0.103 e. The lowest BCUT2D eigenvalue weighted by Gasteiger charge is -2.18. The Morgan fingerprint density at radius 2 is 2.30 bits per heavy atom. The average molecular weight is 157 g/mol. The van der Waals surface area contributed by atoms with Gasteiger partial charge in [-0.15, -0.1) is 11.8 Å². The second-order valence-electron chi connectivity index (χ2n) is 2.87. The van der Waals surface area contributed by atoms with Gasteiger partial charge in [0.15, 0.2) is 0 Å². The molecule has 2 atom stereocenters. The Balaban J connectivity index is 2.51. The minimum absolute atomic E-state index is 0.195. The molecule has 2 unspecified atom stereocenters. The van der Waals surface area contributed by atoms with Crippen molar-refractivity contribution in [3.8, 4) is 0 Å². The maximum absolute atomic E-state index is 4.48. The summed E-state index contributed by atoms with van der Waals surface area (Å²) in [5.41, 5.74) is 0. The summed E-state index contributed by atoms with van der Waals surface area (Å²) in [5.74, 6) is 0. The van der Waals surface area contributed by atoms with Crippen molar-refractivity contribution in [3.05, 3.63) is 0 Å². The van der Waals surface area contributed by atoms with Crippen molar-refractivity contribution in [2.24, 2.45) is 4.99 Å². The van der Waals surface area contributed by atoms with Crippen LogP contribution >= 0.6 is 11.8 Å². The largest absolute Gasteiger partial charge is 0.279 e. The number of thioether (sulfide) groups is 1. The zero-order valence-electron chi connectivity index (χ0n) is 6.92. The standard InChI is InChI=1S/C8H15NS/c1-4-7-6-9-8(3,5-2)10-7/h6-7H,4-5H2,1-3H3. The van der Waals surface area contributed by atoms with Crippen LogP contribution in [0, 0.1) is 0 Å². The maximum atomic E-state index is 4.48. The molecule has 1 aliphatic rings. The van der Waals surface area contributed by atoms with Crippen LogP contribution in [-0.4, -0.2) is 16.3 Å². The van der Waals surface area contributed by atoms with Crippen LogP contribution in [-0.2, 0) is 0 Å². The number of rotatable bonds is 2. The highest BCUT2D eigenvalue weighted by Crippen LogP contribution is 2.38. The molecule has 0 spiro atoms. The molecule has 1 aliphatic heterocycles. The molecule has 0 aromatic heterocycles. The van der Waals surface area contributed by atoms with Gasteiger partial charge in [-0.25, -0.2) is 0 Å². The second kappa shape index (κ2) is 2.95. The van der Waals surface area contributed by atoms with E-state index in [2.05, 4.69) is 32.0 Å². The van der Waals surface area contributed by atoms with Gasteiger partial charge in [-0.05, 0) is 19.8 Å². The molecule has 0 aromatic rings. The summed E-state index contributed by atoms with van der Waals surface area (Å²) < 4.78 is 0. The van der Waals surface area contributed by atoms with Gasteiger partial charge in [0, 0.05) is 11.5 Å². The first-order valence-electron chi connectivity index (χ1n) is 3.93. The Hall–Kier alpha value is 0.0200. The van der Waals surface area contributed by atoms with E-state index in [1.807, 2.05) is 11.8 Å². The van der Waals surface area contributed by atoms with Crippen molar-refractivity contribution in [1.29, 1.82) is 0 Å². The molecule has 0 bridgehead atoms. The number of aliphatic imine (C=N–C) groups is 1. The molecular weight excluding hydrogens is 142 g/mol. The molecule has 1 rings (SSSR count). The third-order valence-electron chi connectivity index (χ3n) is 1.98. The SMILES string of the molecule is CCC1C=NC(C)(CC)S1. The fourth-order valence-electron chi connectivity index (χ4n) is 0.991. The average Bonchev–Trinajstić information content (AvgIpc) is 2.33. The van der Waals surface area contributed by atoms with Crippen molar-refractivity contribution in [1.82, 2.24) is 0 Å². The smallest absolute Gasteiger partial charge is 0.103 e. The fraction of sp³-hybridized carbons (Fsp3) is 0.875. The van der Waals surface area contributed by atoms with Crippen molar-refractivity contribution >= 4 is 18.0 Å². The molecule has 0 aliphatic carbocycles. The summed E-state index contributed by atoms with van der Waals surface area (Å²) in [5, 5.41) is 0.671. The molecule has 0 aromatic carbocycles. The minimum atomic E-state index is 0.195. The summed E-state index contributed by atoms with van der Waals surface area (Å²) in [6.45, 7) is 6.62. The number of hydrogen-bond acceptors (Lipinski definition) is 2. The summed E-state index contributed by atoms with van der Waals surface area (Å²) in [6.07, 6.45) is 4.46. The van der Waals surface area contributed by atoms with Crippen molar-refractivity contribution in [3.63, 3.8) is 0 Å². The molecule has 1 nitrogen and oxygen atoms in total. The van der Waals surface area contributed by atoms with Crippen LogP contribution in [0.5, 0.6) is 0 Å². The lowest BCUT2D eigenvalue weighted by Crippen LogP contribution is -2.12. The van der Waals surface area contributed by atoms with Crippen molar-refractivity contribution < 1.29 is 0 Å². The molecular formula is C8H15NS. The van der Waals surface area contributed by atoms with Gasteiger partial charge >= 0.3 is 0 Å². The molecule has 0 saturated carbocycles. The van der Waals surface area contributed by atoms with Crippen LogP contribution in [0.3, 0.4) is 0 Å². The highest BCUT2D eigenvalue weighted by Gasteiger charge is 2.29. The van der Waals surface area contributed by atoms with Gasteiger partial charge in [0.05, 0.1) is 0 Å². The first kappa shape index (κ1) is 8.12. The van der Waals surface area contributed by atoms with Crippen LogP contribution in [0.2, 0.25) is 0 Å². The zero-order valence-corrected chi connectivity index (χ0v) is 7.74. The number of nitrogens with zero attached hydrogens (tertiary/aromatic N) is 1. The van der Waals surface area contributed by atoms with Gasteiger partial charge in [-0.2, -0.15) is 0 Å². The lowest BCUT2D eigenvalue weighted by molar-refractivity contribution is 0.664. The van der Waals surface area contributed by atoms with E-state index in [4.69, 9.17) is 0 Å². The van der Waals surface area contributed by atoms with E-state index >= 15 is 0 Å². The summed E-state index contributed by atoms with van der Waals surface area (Å²) in [6, 6.07) is 0. The van der Waals surface area contributed by atoms with Gasteiger partial charge in [-0.3, -0.25) is 4.99 Å². The van der Waals surface area contributed by atoms with Gasteiger partial charge in [-0.1, -0.05) is 13.8 Å². The van der Waals surface area contributed by atoms with Crippen molar-refractivity contribution in [2.45, 2.75) is 43.7 Å². The second-order valence-corrected chi connectivity index (χ2v) is 4.59. The monoisotopic (exact) mass is 157 g/mol. The van der Waals surface area contributed by atoms with E-state index in [9.17, 15) is 0 Å². The topological polar surface area (TPSA) is 12.4 Å². The Kier molecular flexibility index (Phi) is 2.40. The van der Waals surface area contributed by atoms with Crippen LogP contribution in [0.4, 0.5) is 0 Å². The van der Waals surface area contributed by atoms with Gasteiger partial charge in [0.1, 0.15) is 4.87 Å². The Morgan fingerprint density at radius 1 is 1.60 bits per heavy atom. The van der Waals surface area contributed by atoms with Crippen LogP contribution in [0.15, 0.2) is 4.99 Å². The summed E-state index contributed by atoms with van der Waals surface area (Å²) in [7, 11) is 0. The van der Waals surface area contributed by atoms with Crippen LogP contribution < -0.4 is 0 Å². The minimum Gasteiger partial charge on any atom is -0.279 e. The Bertz CT molecular complexity index is 144. The first-order chi connectivity index (χ1) is 4.70. The molecule has 0 fully saturated rings. The third-order valence-corrected chi connectivity index (χ3v) is 3.64. The molecule has 1 heterocycles. The molecule has 10 heavy (non-hydrogen) atoms. The van der Waals surface area contributed by atoms with Crippen LogP contribution in [0.25, 0.3) is 0 Å². The van der Waals surface area contributed by atoms with Gasteiger partial charge < -0.3 is 0 Å². The Labute approximate surface area is 67.3 Å². The highest BCUT2D eigenvalue weighted by atomic mass is 32.2. The molecule has 2 heteroatoms. The zero-order chi connectivity index (χ0) is 7.61. The summed E-state index contributed by atoms with van der Waals surface area (Å²) in [4.78, 5) is 4.67. The highest BCUT2D eigenvalue weighted by molar-refractivity contribution is 8.02. The Morgan fingerprint density at radius 3 is 2.60 bits per heavy atom. The predicted molar refractivity (Wildman–Crippen MR) is 48.9 cm³/mol. The predicted octanol–water partition coefficient (Wildman–Crippen LogP) is 2.71. The number of hydrogen-bond donors (Lipinski definition) is 0. The summed E-state index contributed by atoms with van der Waals surface area (Å²) >= 11 is 1.99. The van der Waals surface area contributed by atoms with E-state index in [-0.39, 0.29) is 4.87 Å². The van der Waals surface area contributed by atoms with E-state index in [1.165, 1.54) is 6.42 Å². The van der Waals surface area contributed by atoms with Gasteiger partial charge in [0.2, 0.25) is 0 Å². The fourth-order valence-corrected chi connectivity index (χ4v) is 2.22. The van der Waals surface area contributed by atoms with Crippen molar-refractivity contribution in [2.75, 3.05) is 0 Å². The van der Waals surface area contributed by atoms with Gasteiger partial charge in [0.25, 0.3) is 0 Å². The van der Waals surface area contributed by atoms with E-state index in [0.29, 0.717) is 5.25 Å². The molecule has 58 valence electrons. The van der Waals surface area contributed by atoms with E-state index < -0.39 is 0 Å². The lowest BCUT2D eigenvalue weighted by atomic mass is 10.3. The quantitative estimate of drug-likeness (QED) is 0.600. The normalized spacial score (nSPS) is 38.9. The first-order valence-corrected chi connectivity index (χ1v) is 4.81. The van der Waals surface area contributed by atoms with E-state index in [0.717, 1.165) is 6.42 Å². The van der Waals surface area contributed by atoms with E-state index in [1.54, 1.807) is 0 Å². The molecule has 0 amide bonds. The third kappa shape index (κ3) is 1.54. The van der Waals surface area contributed by atoms with Crippen LogP contribution in [0.1, 0.15) is 33.6 Å². The molecule has 0 N–H and O–H groups in total.